The number of benzene rings is 1. The lowest BCUT2D eigenvalue weighted by molar-refractivity contribution is 0.508. The number of fused-ring (bicyclic) bond motifs is 1. The normalized spacial score (nSPS) is 13.1. The largest absolute Gasteiger partial charge is 0.327 e. The Morgan fingerprint density at radius 3 is 2.84 bits per heavy atom. The summed E-state index contributed by atoms with van der Waals surface area (Å²) >= 11 is 6.04. The van der Waals surface area contributed by atoms with Crippen molar-refractivity contribution >= 4 is 22.6 Å². The Balaban J connectivity index is 2.32. The number of nitrogens with one attached hydrogen (secondary N) is 1. The summed E-state index contributed by atoms with van der Waals surface area (Å²) in [6.45, 7) is 8.38. The highest BCUT2D eigenvalue weighted by atomic mass is 35.5. The van der Waals surface area contributed by atoms with Gasteiger partial charge in [0.1, 0.15) is 5.82 Å². The molecule has 1 atom stereocenters. The van der Waals surface area contributed by atoms with Crippen molar-refractivity contribution in [1.82, 2.24) is 14.9 Å². The van der Waals surface area contributed by atoms with E-state index in [0.717, 1.165) is 42.3 Å². The lowest BCUT2D eigenvalue weighted by Gasteiger charge is -2.12. The molecule has 0 fully saturated rings. The standard InChI is InChI=1S/C15H22ClN3/c1-4-8-19-14-7-6-12(16)9-13(14)18-15(19)10-17-11(3)5-2/h6-7,9,11,17H,4-5,8,10H2,1-3H3. The summed E-state index contributed by atoms with van der Waals surface area (Å²) in [5, 5.41) is 4.25. The van der Waals surface area contributed by atoms with E-state index in [-0.39, 0.29) is 0 Å². The highest BCUT2D eigenvalue weighted by Crippen LogP contribution is 2.21. The monoisotopic (exact) mass is 279 g/mol. The first-order chi connectivity index (χ1) is 9.15. The second kappa shape index (κ2) is 6.40. The maximum Gasteiger partial charge on any atom is 0.123 e. The zero-order valence-electron chi connectivity index (χ0n) is 11.9. The third-order valence-electron chi connectivity index (χ3n) is 3.46. The summed E-state index contributed by atoms with van der Waals surface area (Å²) in [4.78, 5) is 4.71. The van der Waals surface area contributed by atoms with E-state index >= 15 is 0 Å². The minimum Gasteiger partial charge on any atom is -0.327 e. The number of rotatable bonds is 6. The van der Waals surface area contributed by atoms with Crippen molar-refractivity contribution in [1.29, 1.82) is 0 Å². The van der Waals surface area contributed by atoms with E-state index in [0.29, 0.717) is 6.04 Å². The summed E-state index contributed by atoms with van der Waals surface area (Å²) in [6, 6.07) is 6.45. The SMILES string of the molecule is CCCn1c(CNC(C)CC)nc2cc(Cl)ccc21. The molecule has 1 aromatic carbocycles. The van der Waals surface area contributed by atoms with Crippen LogP contribution in [0.2, 0.25) is 5.02 Å². The van der Waals surface area contributed by atoms with E-state index in [9.17, 15) is 0 Å². The number of aryl methyl sites for hydroxylation is 1. The Morgan fingerprint density at radius 2 is 2.16 bits per heavy atom. The molecule has 0 spiro atoms. The summed E-state index contributed by atoms with van der Waals surface area (Å²) in [5.74, 6) is 1.10. The van der Waals surface area contributed by atoms with Gasteiger partial charge in [-0.2, -0.15) is 0 Å². The molecule has 4 heteroatoms. The first-order valence-electron chi connectivity index (χ1n) is 7.03. The zero-order valence-corrected chi connectivity index (χ0v) is 12.7. The second-order valence-electron chi connectivity index (χ2n) is 5.00. The zero-order chi connectivity index (χ0) is 13.8. The van der Waals surface area contributed by atoms with Crippen LogP contribution in [0.4, 0.5) is 0 Å². The van der Waals surface area contributed by atoms with Gasteiger partial charge in [0.15, 0.2) is 0 Å². The summed E-state index contributed by atoms with van der Waals surface area (Å²) in [6.07, 6.45) is 2.23. The first kappa shape index (κ1) is 14.4. The van der Waals surface area contributed by atoms with Gasteiger partial charge in [-0.3, -0.25) is 0 Å². The third-order valence-corrected chi connectivity index (χ3v) is 3.69. The molecule has 0 saturated heterocycles. The second-order valence-corrected chi connectivity index (χ2v) is 5.44. The van der Waals surface area contributed by atoms with Gasteiger partial charge in [0, 0.05) is 17.6 Å². The lowest BCUT2D eigenvalue weighted by Crippen LogP contribution is -2.26. The molecule has 104 valence electrons. The van der Waals surface area contributed by atoms with Crippen LogP contribution in [-0.2, 0) is 13.1 Å². The van der Waals surface area contributed by atoms with E-state index in [4.69, 9.17) is 16.6 Å². The molecule has 1 unspecified atom stereocenters. The topological polar surface area (TPSA) is 29.9 Å². The average molecular weight is 280 g/mol. The van der Waals surface area contributed by atoms with Gasteiger partial charge in [-0.15, -0.1) is 0 Å². The summed E-state index contributed by atoms with van der Waals surface area (Å²) < 4.78 is 2.29. The van der Waals surface area contributed by atoms with Crippen molar-refractivity contribution in [2.45, 2.75) is 52.7 Å². The van der Waals surface area contributed by atoms with E-state index < -0.39 is 0 Å². The number of hydrogen-bond donors (Lipinski definition) is 1. The number of aromatic nitrogens is 2. The predicted octanol–water partition coefficient (Wildman–Crippen LogP) is 3.99. The van der Waals surface area contributed by atoms with Gasteiger partial charge in [-0.05, 0) is 38.0 Å². The van der Waals surface area contributed by atoms with Crippen LogP contribution < -0.4 is 5.32 Å². The average Bonchev–Trinajstić information content (AvgIpc) is 2.73. The van der Waals surface area contributed by atoms with Gasteiger partial charge >= 0.3 is 0 Å². The minimum atomic E-state index is 0.512. The molecule has 0 saturated carbocycles. The lowest BCUT2D eigenvalue weighted by atomic mass is 10.2. The number of halogens is 1. The highest BCUT2D eigenvalue weighted by Gasteiger charge is 2.11. The van der Waals surface area contributed by atoms with Crippen molar-refractivity contribution in [3.8, 4) is 0 Å². The molecule has 0 bridgehead atoms. The Labute approximate surface area is 120 Å². The van der Waals surface area contributed by atoms with Crippen molar-refractivity contribution in [3.05, 3.63) is 29.0 Å². The van der Waals surface area contributed by atoms with Crippen LogP contribution in [0.3, 0.4) is 0 Å². The maximum atomic E-state index is 6.04. The molecule has 1 aromatic heterocycles. The maximum absolute atomic E-state index is 6.04. The molecule has 0 aliphatic heterocycles. The fourth-order valence-corrected chi connectivity index (χ4v) is 2.34. The van der Waals surface area contributed by atoms with Crippen molar-refractivity contribution < 1.29 is 0 Å². The van der Waals surface area contributed by atoms with Gasteiger partial charge in [-0.25, -0.2) is 4.98 Å². The molecule has 2 rings (SSSR count). The van der Waals surface area contributed by atoms with Crippen LogP contribution in [0.1, 0.15) is 39.4 Å². The van der Waals surface area contributed by atoms with Crippen molar-refractivity contribution in [2.24, 2.45) is 0 Å². The Morgan fingerprint density at radius 1 is 1.37 bits per heavy atom. The van der Waals surface area contributed by atoms with Gasteiger partial charge in [-0.1, -0.05) is 25.4 Å². The fourth-order valence-electron chi connectivity index (χ4n) is 2.17. The molecule has 19 heavy (non-hydrogen) atoms. The molecule has 0 aliphatic carbocycles. The molecular formula is C15H22ClN3. The van der Waals surface area contributed by atoms with Crippen LogP contribution in [0.25, 0.3) is 11.0 Å². The quantitative estimate of drug-likeness (QED) is 0.866. The van der Waals surface area contributed by atoms with E-state index in [1.165, 1.54) is 5.52 Å². The van der Waals surface area contributed by atoms with Crippen LogP contribution in [0.15, 0.2) is 18.2 Å². The Bertz CT molecular complexity index is 548. The number of hydrogen-bond acceptors (Lipinski definition) is 2. The molecule has 0 aliphatic rings. The first-order valence-corrected chi connectivity index (χ1v) is 7.41. The molecule has 2 aromatic rings. The van der Waals surface area contributed by atoms with Gasteiger partial charge in [0.2, 0.25) is 0 Å². The summed E-state index contributed by atoms with van der Waals surface area (Å²) in [5.41, 5.74) is 2.16. The summed E-state index contributed by atoms with van der Waals surface area (Å²) in [7, 11) is 0. The van der Waals surface area contributed by atoms with Crippen LogP contribution in [-0.4, -0.2) is 15.6 Å². The van der Waals surface area contributed by atoms with Crippen molar-refractivity contribution in [2.75, 3.05) is 0 Å². The smallest absolute Gasteiger partial charge is 0.123 e. The van der Waals surface area contributed by atoms with Gasteiger partial charge in [0.25, 0.3) is 0 Å². The van der Waals surface area contributed by atoms with Gasteiger partial charge in [0.05, 0.1) is 17.6 Å². The van der Waals surface area contributed by atoms with Gasteiger partial charge < -0.3 is 9.88 Å². The molecule has 1 N–H and O–H groups in total. The highest BCUT2D eigenvalue weighted by molar-refractivity contribution is 6.31. The molecule has 1 heterocycles. The molecular weight excluding hydrogens is 258 g/mol. The molecule has 0 amide bonds. The van der Waals surface area contributed by atoms with Crippen LogP contribution in [0.5, 0.6) is 0 Å². The Hall–Kier alpha value is -1.06. The van der Waals surface area contributed by atoms with E-state index in [1.807, 2.05) is 12.1 Å². The number of nitrogens with zero attached hydrogens (tertiary/aromatic N) is 2. The molecule has 3 nitrogen and oxygen atoms in total. The van der Waals surface area contributed by atoms with E-state index in [2.05, 4.69) is 36.7 Å². The van der Waals surface area contributed by atoms with Crippen LogP contribution in [0, 0.1) is 0 Å². The van der Waals surface area contributed by atoms with Crippen molar-refractivity contribution in [3.63, 3.8) is 0 Å². The van der Waals surface area contributed by atoms with Crippen LogP contribution >= 0.6 is 11.6 Å². The van der Waals surface area contributed by atoms with E-state index in [1.54, 1.807) is 0 Å². The minimum absolute atomic E-state index is 0.512. The third kappa shape index (κ3) is 3.28. The Kier molecular flexibility index (Phi) is 4.83. The fraction of sp³-hybridized carbons (Fsp3) is 0.533. The predicted molar refractivity (Wildman–Crippen MR) is 81.6 cm³/mol. The molecule has 0 radical (unpaired) electrons. The number of imidazole rings is 1.